The zero-order valence-electron chi connectivity index (χ0n) is 9.84. The molecule has 4 nitrogen and oxygen atoms in total. The molecule has 0 aliphatic rings. The highest BCUT2D eigenvalue weighted by molar-refractivity contribution is 8.14. The van der Waals surface area contributed by atoms with Crippen LogP contribution in [-0.4, -0.2) is 26.7 Å². The fraction of sp³-hybridized carbons (Fsp3) is 0.250. The standard InChI is InChI=1S/C12H11ClFNO3S/c13-19(16,17)11-5-4-10(18-8-2-6-14)12-9(11)3-1-7-15-12/h1,3-5,7H,2,6,8H2. The van der Waals surface area contributed by atoms with Crippen LogP contribution in [0.4, 0.5) is 4.39 Å². The van der Waals surface area contributed by atoms with Crippen LogP contribution in [0, 0.1) is 0 Å². The lowest BCUT2D eigenvalue weighted by Gasteiger charge is -2.09. The second-order valence-corrected chi connectivity index (χ2v) is 6.32. The Morgan fingerprint density at radius 2 is 2.11 bits per heavy atom. The van der Waals surface area contributed by atoms with Gasteiger partial charge in [0.1, 0.15) is 11.3 Å². The third kappa shape index (κ3) is 3.13. The van der Waals surface area contributed by atoms with E-state index in [-0.39, 0.29) is 17.9 Å². The van der Waals surface area contributed by atoms with Gasteiger partial charge in [-0.15, -0.1) is 0 Å². The summed E-state index contributed by atoms with van der Waals surface area (Å²) in [6.07, 6.45) is 1.79. The van der Waals surface area contributed by atoms with Crippen molar-refractivity contribution >= 4 is 30.6 Å². The Morgan fingerprint density at radius 3 is 2.79 bits per heavy atom. The van der Waals surface area contributed by atoms with Gasteiger partial charge in [-0.3, -0.25) is 9.37 Å². The number of nitrogens with zero attached hydrogens (tertiary/aromatic N) is 1. The Bertz CT molecular complexity index is 690. The summed E-state index contributed by atoms with van der Waals surface area (Å²) < 4.78 is 40.4. The average molecular weight is 304 g/mol. The molecule has 7 heteroatoms. The molecule has 1 aromatic heterocycles. The molecule has 0 unspecified atom stereocenters. The molecule has 0 aliphatic carbocycles. The summed E-state index contributed by atoms with van der Waals surface area (Å²) >= 11 is 0. The molecule has 0 aliphatic heterocycles. The number of alkyl halides is 1. The smallest absolute Gasteiger partial charge is 0.261 e. The first-order chi connectivity index (χ1) is 9.04. The Morgan fingerprint density at radius 1 is 1.32 bits per heavy atom. The molecule has 2 rings (SSSR count). The SMILES string of the molecule is O=S(=O)(Cl)c1ccc(OCCCF)c2ncccc12. The van der Waals surface area contributed by atoms with Crippen LogP contribution in [0.15, 0.2) is 35.4 Å². The van der Waals surface area contributed by atoms with Crippen LogP contribution in [0.3, 0.4) is 0 Å². The predicted molar refractivity (Wildman–Crippen MR) is 70.9 cm³/mol. The van der Waals surface area contributed by atoms with Crippen LogP contribution in [-0.2, 0) is 9.05 Å². The number of hydrogen-bond acceptors (Lipinski definition) is 4. The average Bonchev–Trinajstić information content (AvgIpc) is 2.37. The van der Waals surface area contributed by atoms with E-state index in [1.165, 1.54) is 18.3 Å². The van der Waals surface area contributed by atoms with Crippen molar-refractivity contribution in [1.29, 1.82) is 0 Å². The van der Waals surface area contributed by atoms with E-state index in [9.17, 15) is 12.8 Å². The molecular weight excluding hydrogens is 293 g/mol. The topological polar surface area (TPSA) is 56.3 Å². The molecule has 0 saturated carbocycles. The quantitative estimate of drug-likeness (QED) is 0.629. The normalized spacial score (nSPS) is 11.7. The number of aromatic nitrogens is 1. The van der Waals surface area contributed by atoms with E-state index < -0.39 is 15.7 Å². The zero-order chi connectivity index (χ0) is 13.9. The van der Waals surface area contributed by atoms with Crippen molar-refractivity contribution in [3.05, 3.63) is 30.5 Å². The van der Waals surface area contributed by atoms with Crippen LogP contribution >= 0.6 is 10.7 Å². The molecule has 1 heterocycles. The van der Waals surface area contributed by atoms with Gasteiger partial charge in [0.2, 0.25) is 0 Å². The maximum Gasteiger partial charge on any atom is 0.261 e. The van der Waals surface area contributed by atoms with E-state index in [4.69, 9.17) is 15.4 Å². The fourth-order valence-corrected chi connectivity index (χ4v) is 2.75. The predicted octanol–water partition coefficient (Wildman–Crippen LogP) is 2.90. The number of rotatable bonds is 5. The number of fused-ring (bicyclic) bond motifs is 1. The van der Waals surface area contributed by atoms with Gasteiger partial charge in [-0.05, 0) is 24.3 Å². The second kappa shape index (κ2) is 5.71. The lowest BCUT2D eigenvalue weighted by atomic mass is 10.2. The van der Waals surface area contributed by atoms with Gasteiger partial charge < -0.3 is 4.74 Å². The number of halogens is 2. The number of pyridine rings is 1. The van der Waals surface area contributed by atoms with Crippen molar-refractivity contribution < 1.29 is 17.5 Å². The molecular formula is C12H11ClFNO3S. The first-order valence-electron chi connectivity index (χ1n) is 5.55. The van der Waals surface area contributed by atoms with Crippen LogP contribution < -0.4 is 4.74 Å². The maximum atomic E-state index is 12.0. The molecule has 0 N–H and O–H groups in total. The third-order valence-corrected chi connectivity index (χ3v) is 3.87. The van der Waals surface area contributed by atoms with Crippen molar-refractivity contribution in [3.63, 3.8) is 0 Å². The molecule has 0 atom stereocenters. The Kier molecular flexibility index (Phi) is 4.21. The summed E-state index contributed by atoms with van der Waals surface area (Å²) in [5, 5.41) is 0.384. The molecule has 0 saturated heterocycles. The summed E-state index contributed by atoms with van der Waals surface area (Å²) in [5.41, 5.74) is 0.392. The van der Waals surface area contributed by atoms with Crippen molar-refractivity contribution in [2.45, 2.75) is 11.3 Å². The number of hydrogen-bond donors (Lipinski definition) is 0. The largest absolute Gasteiger partial charge is 0.491 e. The molecule has 0 fully saturated rings. The summed E-state index contributed by atoms with van der Waals surface area (Å²) in [6.45, 7) is -0.269. The van der Waals surface area contributed by atoms with Gasteiger partial charge in [0.25, 0.3) is 9.05 Å². The van der Waals surface area contributed by atoms with Gasteiger partial charge in [0.05, 0.1) is 18.2 Å². The minimum atomic E-state index is -3.85. The highest BCUT2D eigenvalue weighted by Crippen LogP contribution is 2.31. The summed E-state index contributed by atoms with van der Waals surface area (Å²) in [7, 11) is 1.52. The summed E-state index contributed by atoms with van der Waals surface area (Å²) in [5.74, 6) is 0.410. The molecule has 2 aromatic rings. The Hall–Kier alpha value is -1.40. The van der Waals surface area contributed by atoms with Crippen molar-refractivity contribution in [3.8, 4) is 5.75 Å². The van der Waals surface area contributed by atoms with Crippen molar-refractivity contribution in [2.75, 3.05) is 13.3 Å². The van der Waals surface area contributed by atoms with E-state index >= 15 is 0 Å². The van der Waals surface area contributed by atoms with Crippen LogP contribution in [0.5, 0.6) is 5.75 Å². The molecule has 0 amide bonds. The van der Waals surface area contributed by atoms with E-state index in [1.807, 2.05) is 0 Å². The zero-order valence-corrected chi connectivity index (χ0v) is 11.4. The van der Waals surface area contributed by atoms with E-state index in [1.54, 1.807) is 12.1 Å². The molecule has 102 valence electrons. The molecule has 0 spiro atoms. The van der Waals surface area contributed by atoms with Gasteiger partial charge in [-0.25, -0.2) is 8.42 Å². The van der Waals surface area contributed by atoms with Gasteiger partial charge >= 0.3 is 0 Å². The van der Waals surface area contributed by atoms with Gasteiger partial charge in [0.15, 0.2) is 0 Å². The number of benzene rings is 1. The van der Waals surface area contributed by atoms with Gasteiger partial charge in [-0.1, -0.05) is 0 Å². The van der Waals surface area contributed by atoms with E-state index in [0.717, 1.165) is 0 Å². The lowest BCUT2D eigenvalue weighted by molar-refractivity contribution is 0.292. The first-order valence-corrected chi connectivity index (χ1v) is 7.86. The van der Waals surface area contributed by atoms with Crippen LogP contribution in [0.2, 0.25) is 0 Å². The highest BCUT2D eigenvalue weighted by Gasteiger charge is 2.17. The Labute approximate surface area is 114 Å². The Balaban J connectivity index is 2.52. The van der Waals surface area contributed by atoms with E-state index in [0.29, 0.717) is 16.7 Å². The fourth-order valence-electron chi connectivity index (χ4n) is 1.69. The summed E-state index contributed by atoms with van der Waals surface area (Å²) in [6, 6.07) is 6.04. The first kappa shape index (κ1) is 14.0. The second-order valence-electron chi connectivity index (χ2n) is 3.79. The maximum absolute atomic E-state index is 12.0. The number of ether oxygens (including phenoxy) is 1. The molecule has 1 aromatic carbocycles. The summed E-state index contributed by atoms with van der Waals surface area (Å²) in [4.78, 5) is 4.07. The minimum absolute atomic E-state index is 0.0184. The minimum Gasteiger partial charge on any atom is -0.491 e. The molecule has 0 radical (unpaired) electrons. The van der Waals surface area contributed by atoms with Crippen LogP contribution in [0.25, 0.3) is 10.9 Å². The van der Waals surface area contributed by atoms with Gasteiger partial charge in [-0.2, -0.15) is 0 Å². The van der Waals surface area contributed by atoms with Gasteiger partial charge in [0, 0.05) is 28.7 Å². The van der Waals surface area contributed by atoms with Crippen molar-refractivity contribution in [2.24, 2.45) is 0 Å². The van der Waals surface area contributed by atoms with E-state index in [2.05, 4.69) is 4.98 Å². The highest BCUT2D eigenvalue weighted by atomic mass is 35.7. The molecule has 19 heavy (non-hydrogen) atoms. The van der Waals surface area contributed by atoms with Crippen LogP contribution in [0.1, 0.15) is 6.42 Å². The lowest BCUT2D eigenvalue weighted by Crippen LogP contribution is -2.01. The monoisotopic (exact) mass is 303 g/mol. The third-order valence-electron chi connectivity index (χ3n) is 2.49. The van der Waals surface area contributed by atoms with Crippen molar-refractivity contribution in [1.82, 2.24) is 4.98 Å². The molecule has 0 bridgehead atoms.